The highest BCUT2D eigenvalue weighted by molar-refractivity contribution is 6.05. The van der Waals surface area contributed by atoms with Crippen molar-refractivity contribution >= 4 is 17.5 Å². The lowest BCUT2D eigenvalue weighted by Crippen LogP contribution is -2.28. The SMILES string of the molecule is CCN(CC)CCOc1ccccc1NC(=O)c1ccc(CNC(C)=O)cc1. The lowest BCUT2D eigenvalue weighted by Gasteiger charge is -2.19. The molecule has 6 heteroatoms. The zero-order valence-electron chi connectivity index (χ0n) is 16.8. The van der Waals surface area contributed by atoms with E-state index in [2.05, 4.69) is 29.4 Å². The zero-order valence-corrected chi connectivity index (χ0v) is 16.8. The molecule has 0 heterocycles. The van der Waals surface area contributed by atoms with E-state index >= 15 is 0 Å². The molecule has 2 aromatic carbocycles. The number of carbonyl (C=O) groups excluding carboxylic acids is 2. The highest BCUT2D eigenvalue weighted by Gasteiger charge is 2.10. The second-order valence-electron chi connectivity index (χ2n) is 6.43. The van der Waals surface area contributed by atoms with E-state index in [0.29, 0.717) is 30.2 Å². The number of ether oxygens (including phenoxy) is 1. The molecule has 2 rings (SSSR count). The minimum atomic E-state index is -0.203. The van der Waals surface area contributed by atoms with E-state index in [9.17, 15) is 9.59 Å². The molecule has 0 unspecified atom stereocenters. The van der Waals surface area contributed by atoms with Gasteiger partial charge in [-0.25, -0.2) is 0 Å². The lowest BCUT2D eigenvalue weighted by atomic mass is 10.1. The summed E-state index contributed by atoms with van der Waals surface area (Å²) in [6.07, 6.45) is 0. The Morgan fingerprint density at radius 3 is 2.32 bits per heavy atom. The molecule has 0 radical (unpaired) electrons. The number of hydrogen-bond acceptors (Lipinski definition) is 4. The third-order valence-corrected chi connectivity index (χ3v) is 4.45. The molecule has 0 fully saturated rings. The van der Waals surface area contributed by atoms with Gasteiger partial charge in [-0.1, -0.05) is 38.1 Å². The molecule has 0 atom stereocenters. The largest absolute Gasteiger partial charge is 0.490 e. The van der Waals surface area contributed by atoms with Crippen LogP contribution in [0.2, 0.25) is 0 Å². The first kappa shape index (κ1) is 21.4. The van der Waals surface area contributed by atoms with Crippen molar-refractivity contribution in [3.05, 3.63) is 59.7 Å². The van der Waals surface area contributed by atoms with Crippen LogP contribution in [0.3, 0.4) is 0 Å². The van der Waals surface area contributed by atoms with Crippen molar-refractivity contribution in [2.24, 2.45) is 0 Å². The monoisotopic (exact) mass is 383 g/mol. The van der Waals surface area contributed by atoms with E-state index < -0.39 is 0 Å². The maximum Gasteiger partial charge on any atom is 0.255 e. The topological polar surface area (TPSA) is 70.7 Å². The molecule has 2 aromatic rings. The minimum absolute atomic E-state index is 0.0839. The smallest absolute Gasteiger partial charge is 0.255 e. The average Bonchev–Trinajstić information content (AvgIpc) is 2.71. The number of nitrogens with one attached hydrogen (secondary N) is 2. The fourth-order valence-electron chi connectivity index (χ4n) is 2.72. The van der Waals surface area contributed by atoms with Crippen LogP contribution in [0.25, 0.3) is 0 Å². The van der Waals surface area contributed by atoms with Crippen molar-refractivity contribution in [2.45, 2.75) is 27.3 Å². The van der Waals surface area contributed by atoms with Crippen LogP contribution >= 0.6 is 0 Å². The van der Waals surface area contributed by atoms with Gasteiger partial charge in [0, 0.05) is 25.6 Å². The van der Waals surface area contributed by atoms with Gasteiger partial charge in [-0.3, -0.25) is 9.59 Å². The molecule has 0 aliphatic rings. The number of anilines is 1. The van der Waals surface area contributed by atoms with Crippen molar-refractivity contribution in [3.63, 3.8) is 0 Å². The van der Waals surface area contributed by atoms with Crippen molar-refractivity contribution in [1.82, 2.24) is 10.2 Å². The number of carbonyl (C=O) groups is 2. The van der Waals surface area contributed by atoms with E-state index in [0.717, 1.165) is 25.2 Å². The molecule has 0 aliphatic carbocycles. The zero-order chi connectivity index (χ0) is 20.4. The maximum absolute atomic E-state index is 12.6. The van der Waals surface area contributed by atoms with Gasteiger partial charge in [0.05, 0.1) is 5.69 Å². The summed E-state index contributed by atoms with van der Waals surface area (Å²) >= 11 is 0. The van der Waals surface area contributed by atoms with Crippen LogP contribution < -0.4 is 15.4 Å². The van der Waals surface area contributed by atoms with E-state index in [-0.39, 0.29) is 11.8 Å². The Morgan fingerprint density at radius 2 is 1.68 bits per heavy atom. The summed E-state index contributed by atoms with van der Waals surface area (Å²) < 4.78 is 5.88. The minimum Gasteiger partial charge on any atom is -0.490 e. The van der Waals surface area contributed by atoms with Crippen LogP contribution in [0.15, 0.2) is 48.5 Å². The van der Waals surface area contributed by atoms with Gasteiger partial charge < -0.3 is 20.3 Å². The predicted octanol–water partition coefficient (Wildman–Crippen LogP) is 3.30. The van der Waals surface area contributed by atoms with Crippen molar-refractivity contribution in [3.8, 4) is 5.75 Å². The van der Waals surface area contributed by atoms with E-state index in [1.54, 1.807) is 12.1 Å². The van der Waals surface area contributed by atoms with Gasteiger partial charge in [0.1, 0.15) is 12.4 Å². The Bertz CT molecular complexity index is 771. The molecule has 28 heavy (non-hydrogen) atoms. The molecule has 2 amide bonds. The Hall–Kier alpha value is -2.86. The number of rotatable bonds is 10. The van der Waals surface area contributed by atoms with Crippen LogP contribution in [0.1, 0.15) is 36.7 Å². The summed E-state index contributed by atoms with van der Waals surface area (Å²) in [7, 11) is 0. The molecule has 0 bridgehead atoms. The second-order valence-corrected chi connectivity index (χ2v) is 6.43. The predicted molar refractivity (Wildman–Crippen MR) is 112 cm³/mol. The summed E-state index contributed by atoms with van der Waals surface area (Å²) in [4.78, 5) is 25.8. The average molecular weight is 383 g/mol. The highest BCUT2D eigenvalue weighted by atomic mass is 16.5. The molecule has 0 spiro atoms. The third-order valence-electron chi connectivity index (χ3n) is 4.45. The molecular formula is C22H29N3O3. The van der Waals surface area contributed by atoms with Gasteiger partial charge in [-0.15, -0.1) is 0 Å². The molecular weight excluding hydrogens is 354 g/mol. The van der Waals surface area contributed by atoms with Crippen molar-refractivity contribution in [2.75, 3.05) is 31.6 Å². The Morgan fingerprint density at radius 1 is 1.00 bits per heavy atom. The van der Waals surface area contributed by atoms with Crippen LogP contribution in [0.5, 0.6) is 5.75 Å². The van der Waals surface area contributed by atoms with Crippen LogP contribution in [-0.4, -0.2) is 43.0 Å². The van der Waals surface area contributed by atoms with E-state index in [1.165, 1.54) is 6.92 Å². The van der Waals surface area contributed by atoms with Crippen molar-refractivity contribution in [1.29, 1.82) is 0 Å². The van der Waals surface area contributed by atoms with E-state index in [1.807, 2.05) is 36.4 Å². The summed E-state index contributed by atoms with van der Waals surface area (Å²) in [5, 5.41) is 5.65. The first-order valence-electron chi connectivity index (χ1n) is 9.62. The van der Waals surface area contributed by atoms with Gasteiger partial charge >= 0.3 is 0 Å². The highest BCUT2D eigenvalue weighted by Crippen LogP contribution is 2.24. The Balaban J connectivity index is 1.97. The second kappa shape index (κ2) is 11.1. The molecule has 0 aromatic heterocycles. The lowest BCUT2D eigenvalue weighted by molar-refractivity contribution is -0.119. The molecule has 0 saturated carbocycles. The summed E-state index contributed by atoms with van der Waals surface area (Å²) in [5.74, 6) is 0.371. The van der Waals surface area contributed by atoms with Gasteiger partial charge in [-0.05, 0) is 42.9 Å². The number of amides is 2. The molecule has 150 valence electrons. The third kappa shape index (κ3) is 6.70. The standard InChI is InChI=1S/C22H29N3O3/c1-4-25(5-2)14-15-28-21-9-7-6-8-20(21)24-22(27)19-12-10-18(11-13-19)16-23-17(3)26/h6-13H,4-5,14-16H2,1-3H3,(H,23,26)(H,24,27). The summed E-state index contributed by atoms with van der Waals surface area (Å²) in [6, 6.07) is 14.6. The molecule has 6 nitrogen and oxygen atoms in total. The fourth-order valence-corrected chi connectivity index (χ4v) is 2.72. The van der Waals surface area contributed by atoms with Crippen molar-refractivity contribution < 1.29 is 14.3 Å². The van der Waals surface area contributed by atoms with Gasteiger partial charge in [0.25, 0.3) is 5.91 Å². The van der Waals surface area contributed by atoms with Crippen LogP contribution in [0.4, 0.5) is 5.69 Å². The van der Waals surface area contributed by atoms with Crippen LogP contribution in [0, 0.1) is 0 Å². The summed E-state index contributed by atoms with van der Waals surface area (Å²) in [5.41, 5.74) is 2.13. The fraction of sp³-hybridized carbons (Fsp3) is 0.364. The molecule has 0 saturated heterocycles. The maximum atomic E-state index is 12.6. The number of nitrogens with zero attached hydrogens (tertiary/aromatic N) is 1. The van der Waals surface area contributed by atoms with Gasteiger partial charge in [0.2, 0.25) is 5.91 Å². The number of para-hydroxylation sites is 2. The van der Waals surface area contributed by atoms with Gasteiger partial charge in [0.15, 0.2) is 0 Å². The first-order valence-corrected chi connectivity index (χ1v) is 9.62. The number of benzene rings is 2. The number of likely N-dealkylation sites (N-methyl/N-ethyl adjacent to an activating group) is 1. The quantitative estimate of drug-likeness (QED) is 0.660. The van der Waals surface area contributed by atoms with E-state index in [4.69, 9.17) is 4.74 Å². The first-order chi connectivity index (χ1) is 13.5. The molecule has 0 aliphatic heterocycles. The normalized spacial score (nSPS) is 10.6. The van der Waals surface area contributed by atoms with Gasteiger partial charge in [-0.2, -0.15) is 0 Å². The van der Waals surface area contributed by atoms with Crippen LogP contribution in [-0.2, 0) is 11.3 Å². The molecule has 2 N–H and O–H groups in total. The summed E-state index contributed by atoms with van der Waals surface area (Å²) in [6.45, 7) is 9.53. The number of hydrogen-bond donors (Lipinski definition) is 2. The Kier molecular flexibility index (Phi) is 8.49. The Labute approximate surface area is 166 Å².